The summed E-state index contributed by atoms with van der Waals surface area (Å²) in [6, 6.07) is 14.4. The van der Waals surface area contributed by atoms with Gasteiger partial charge in [-0.2, -0.15) is 0 Å². The molecule has 0 amide bonds. The number of methoxy groups -OCH3 is 1. The van der Waals surface area contributed by atoms with Crippen LogP contribution in [0, 0.1) is 0 Å². The lowest BCUT2D eigenvalue weighted by molar-refractivity contribution is 0.126. The lowest BCUT2D eigenvalue weighted by atomic mass is 9.93. The van der Waals surface area contributed by atoms with Gasteiger partial charge in [0.15, 0.2) is 0 Å². The molecule has 0 radical (unpaired) electrons. The number of ether oxygens (including phenoxy) is 1. The first-order valence-electron chi connectivity index (χ1n) is 9.08. The highest BCUT2D eigenvalue weighted by Gasteiger charge is 2.20. The summed E-state index contributed by atoms with van der Waals surface area (Å²) in [4.78, 5) is 9.28. The third-order valence-corrected chi connectivity index (χ3v) is 5.04. The highest BCUT2D eigenvalue weighted by molar-refractivity contribution is 5.95. The maximum atomic E-state index is 9.68. The normalized spacial score (nSPS) is 20.1. The molecule has 3 aromatic rings. The predicted molar refractivity (Wildman–Crippen MR) is 103 cm³/mol. The van der Waals surface area contributed by atoms with Crippen LogP contribution in [-0.4, -0.2) is 34.3 Å². The number of nitrogens with one attached hydrogen (secondary N) is 1. The van der Waals surface area contributed by atoms with Crippen molar-refractivity contribution in [3.8, 4) is 16.9 Å². The van der Waals surface area contributed by atoms with E-state index in [2.05, 4.69) is 16.4 Å². The van der Waals surface area contributed by atoms with Gasteiger partial charge < -0.3 is 15.2 Å². The summed E-state index contributed by atoms with van der Waals surface area (Å²) in [6.45, 7) is 0. The zero-order valence-electron chi connectivity index (χ0n) is 14.9. The number of nitrogens with zero attached hydrogens (tertiary/aromatic N) is 2. The third kappa shape index (κ3) is 3.35. The minimum atomic E-state index is -0.164. The minimum absolute atomic E-state index is 0.164. The molecule has 0 bridgehead atoms. The third-order valence-electron chi connectivity index (χ3n) is 5.04. The number of fused-ring (bicyclic) bond motifs is 1. The fourth-order valence-electron chi connectivity index (χ4n) is 3.61. The summed E-state index contributed by atoms with van der Waals surface area (Å²) in [5.41, 5.74) is 2.96. The average molecular weight is 349 g/mol. The molecule has 5 heteroatoms. The van der Waals surface area contributed by atoms with Crippen LogP contribution in [0.25, 0.3) is 22.0 Å². The fourth-order valence-corrected chi connectivity index (χ4v) is 3.61. The van der Waals surface area contributed by atoms with E-state index in [4.69, 9.17) is 9.72 Å². The molecule has 2 aromatic carbocycles. The first-order chi connectivity index (χ1) is 12.7. The van der Waals surface area contributed by atoms with Crippen LogP contribution in [0.15, 0.2) is 48.7 Å². The van der Waals surface area contributed by atoms with Crippen LogP contribution in [0.3, 0.4) is 0 Å². The molecule has 1 fully saturated rings. The molecule has 26 heavy (non-hydrogen) atoms. The molecular weight excluding hydrogens is 326 g/mol. The average Bonchev–Trinajstić information content (AvgIpc) is 2.69. The summed E-state index contributed by atoms with van der Waals surface area (Å²) >= 11 is 0. The maximum Gasteiger partial charge on any atom is 0.223 e. The first-order valence-corrected chi connectivity index (χ1v) is 9.08. The highest BCUT2D eigenvalue weighted by atomic mass is 16.5. The van der Waals surface area contributed by atoms with Crippen molar-refractivity contribution in [3.63, 3.8) is 0 Å². The van der Waals surface area contributed by atoms with E-state index in [1.54, 1.807) is 7.11 Å². The van der Waals surface area contributed by atoms with Crippen LogP contribution < -0.4 is 10.1 Å². The van der Waals surface area contributed by atoms with Crippen molar-refractivity contribution in [1.29, 1.82) is 0 Å². The summed E-state index contributed by atoms with van der Waals surface area (Å²) < 4.78 is 5.53. The summed E-state index contributed by atoms with van der Waals surface area (Å²) in [7, 11) is 1.68. The van der Waals surface area contributed by atoms with Crippen molar-refractivity contribution in [3.05, 3.63) is 48.7 Å². The summed E-state index contributed by atoms with van der Waals surface area (Å²) in [5, 5.41) is 14.1. The van der Waals surface area contributed by atoms with Crippen molar-refractivity contribution in [2.75, 3.05) is 12.4 Å². The number of aromatic nitrogens is 2. The number of hydrogen-bond acceptors (Lipinski definition) is 5. The summed E-state index contributed by atoms with van der Waals surface area (Å²) in [5.74, 6) is 1.47. The molecular formula is C21H23N3O2. The zero-order valence-corrected chi connectivity index (χ0v) is 14.9. The molecule has 0 atom stereocenters. The number of para-hydroxylation sites is 2. The van der Waals surface area contributed by atoms with Gasteiger partial charge in [0.25, 0.3) is 0 Å². The van der Waals surface area contributed by atoms with Crippen LogP contribution in [0.4, 0.5) is 5.95 Å². The summed E-state index contributed by atoms with van der Waals surface area (Å²) in [6.07, 6.45) is 5.24. The van der Waals surface area contributed by atoms with Crippen LogP contribution in [-0.2, 0) is 0 Å². The molecule has 0 aliphatic heterocycles. The van der Waals surface area contributed by atoms with Crippen molar-refractivity contribution in [1.82, 2.24) is 9.97 Å². The Bertz CT molecular complexity index is 905. The number of aliphatic hydroxyl groups excluding tert-OH is 1. The van der Waals surface area contributed by atoms with Crippen molar-refractivity contribution < 1.29 is 9.84 Å². The number of hydrogen-bond donors (Lipinski definition) is 2. The Hall–Kier alpha value is -2.66. The molecule has 4 rings (SSSR count). The van der Waals surface area contributed by atoms with E-state index < -0.39 is 0 Å². The van der Waals surface area contributed by atoms with Crippen LogP contribution in [0.1, 0.15) is 25.7 Å². The van der Waals surface area contributed by atoms with Gasteiger partial charge in [0.05, 0.1) is 18.7 Å². The van der Waals surface area contributed by atoms with Gasteiger partial charge in [-0.3, -0.25) is 0 Å². The molecule has 1 aliphatic carbocycles. The molecule has 0 unspecified atom stereocenters. The minimum Gasteiger partial charge on any atom is -0.496 e. The van der Waals surface area contributed by atoms with E-state index in [1.807, 2.05) is 42.6 Å². The largest absolute Gasteiger partial charge is 0.496 e. The molecule has 1 heterocycles. The Morgan fingerprint density at radius 1 is 1.00 bits per heavy atom. The van der Waals surface area contributed by atoms with Crippen LogP contribution in [0.2, 0.25) is 0 Å². The molecule has 0 spiro atoms. The number of aliphatic hydroxyl groups is 1. The molecule has 5 nitrogen and oxygen atoms in total. The number of benzene rings is 2. The monoisotopic (exact) mass is 349 g/mol. The van der Waals surface area contributed by atoms with Gasteiger partial charge in [-0.05, 0) is 31.7 Å². The van der Waals surface area contributed by atoms with Gasteiger partial charge in [0.1, 0.15) is 5.75 Å². The standard InChI is InChI=1S/C21H23N3O2/c1-26-19-8-3-2-6-17(19)18-7-4-5-14-13-22-21(24-20(14)18)23-15-9-11-16(25)12-10-15/h2-8,13,15-16,25H,9-12H2,1H3,(H,22,23,24)/t15-,16-. The van der Waals surface area contributed by atoms with Gasteiger partial charge in [0, 0.05) is 28.8 Å². The zero-order chi connectivity index (χ0) is 17.9. The van der Waals surface area contributed by atoms with Gasteiger partial charge in [0.2, 0.25) is 5.95 Å². The number of anilines is 1. The quantitative estimate of drug-likeness (QED) is 0.745. The van der Waals surface area contributed by atoms with E-state index in [-0.39, 0.29) is 6.10 Å². The Morgan fingerprint density at radius 3 is 2.58 bits per heavy atom. The fraction of sp³-hybridized carbons (Fsp3) is 0.333. The lowest BCUT2D eigenvalue weighted by Crippen LogP contribution is -2.28. The van der Waals surface area contributed by atoms with Crippen LogP contribution in [0.5, 0.6) is 5.75 Å². The first kappa shape index (κ1) is 16.8. The van der Waals surface area contributed by atoms with E-state index in [0.29, 0.717) is 12.0 Å². The predicted octanol–water partition coefficient (Wildman–Crippen LogP) is 4.02. The van der Waals surface area contributed by atoms with Crippen LogP contribution >= 0.6 is 0 Å². The Morgan fingerprint density at radius 2 is 1.77 bits per heavy atom. The van der Waals surface area contributed by atoms with Crippen molar-refractivity contribution in [2.24, 2.45) is 0 Å². The SMILES string of the molecule is COc1ccccc1-c1cccc2cnc(N[C@H]3CC[C@H](O)CC3)nc12. The molecule has 2 N–H and O–H groups in total. The van der Waals surface area contributed by atoms with E-state index in [1.165, 1.54) is 0 Å². The highest BCUT2D eigenvalue weighted by Crippen LogP contribution is 2.34. The van der Waals surface area contributed by atoms with Crippen molar-refractivity contribution in [2.45, 2.75) is 37.8 Å². The second kappa shape index (κ2) is 7.30. The van der Waals surface area contributed by atoms with Gasteiger partial charge >= 0.3 is 0 Å². The van der Waals surface area contributed by atoms with E-state index in [0.717, 1.165) is 53.5 Å². The van der Waals surface area contributed by atoms with Gasteiger partial charge in [-0.25, -0.2) is 9.97 Å². The lowest BCUT2D eigenvalue weighted by Gasteiger charge is -2.26. The molecule has 134 valence electrons. The second-order valence-corrected chi connectivity index (χ2v) is 6.79. The second-order valence-electron chi connectivity index (χ2n) is 6.79. The Balaban J connectivity index is 1.71. The number of rotatable bonds is 4. The molecule has 1 aromatic heterocycles. The molecule has 0 saturated heterocycles. The topological polar surface area (TPSA) is 67.3 Å². The van der Waals surface area contributed by atoms with E-state index >= 15 is 0 Å². The maximum absolute atomic E-state index is 9.68. The molecule has 1 aliphatic rings. The Kier molecular flexibility index (Phi) is 4.71. The van der Waals surface area contributed by atoms with Gasteiger partial charge in [-0.1, -0.05) is 36.4 Å². The molecule has 1 saturated carbocycles. The van der Waals surface area contributed by atoms with Gasteiger partial charge in [-0.15, -0.1) is 0 Å². The Labute approximate surface area is 153 Å². The smallest absolute Gasteiger partial charge is 0.223 e. The van der Waals surface area contributed by atoms with E-state index in [9.17, 15) is 5.11 Å². The van der Waals surface area contributed by atoms with Crippen molar-refractivity contribution >= 4 is 16.9 Å².